The molecule has 90 valence electrons. The van der Waals surface area contributed by atoms with Gasteiger partial charge in [0.1, 0.15) is 6.04 Å². The van der Waals surface area contributed by atoms with E-state index in [-0.39, 0.29) is 5.41 Å². The van der Waals surface area contributed by atoms with E-state index in [0.29, 0.717) is 11.0 Å². The molecule has 2 atom stereocenters. The van der Waals surface area contributed by atoms with E-state index in [4.69, 9.17) is 10.8 Å². The monoisotopic (exact) mass is 233 g/mol. The molecule has 0 saturated heterocycles. The van der Waals surface area contributed by atoms with Crippen molar-refractivity contribution in [1.29, 1.82) is 0 Å². The molecule has 0 rings (SSSR count). The molecule has 0 aromatic rings. The first kappa shape index (κ1) is 14.8. The molecule has 0 aliphatic carbocycles. The van der Waals surface area contributed by atoms with Crippen LogP contribution >= 0.6 is 11.8 Å². The van der Waals surface area contributed by atoms with Crippen LogP contribution in [0, 0.1) is 5.41 Å². The van der Waals surface area contributed by atoms with Gasteiger partial charge in [-0.25, -0.2) is 0 Å². The van der Waals surface area contributed by atoms with E-state index < -0.39 is 12.0 Å². The lowest BCUT2D eigenvalue weighted by Gasteiger charge is -2.31. The molecule has 0 heterocycles. The van der Waals surface area contributed by atoms with Gasteiger partial charge in [-0.3, -0.25) is 4.79 Å². The minimum Gasteiger partial charge on any atom is -0.480 e. The van der Waals surface area contributed by atoms with E-state index in [1.54, 1.807) is 11.8 Å². The van der Waals surface area contributed by atoms with Gasteiger partial charge in [0.05, 0.1) is 0 Å². The van der Waals surface area contributed by atoms with Gasteiger partial charge in [-0.2, -0.15) is 11.8 Å². The molecule has 3 N–H and O–H groups in total. The minimum atomic E-state index is -0.914. The summed E-state index contributed by atoms with van der Waals surface area (Å²) in [6.45, 7) is 8.76. The van der Waals surface area contributed by atoms with Crippen LogP contribution < -0.4 is 5.73 Å². The quantitative estimate of drug-likeness (QED) is 0.708. The van der Waals surface area contributed by atoms with Crippen molar-refractivity contribution in [3.8, 4) is 0 Å². The van der Waals surface area contributed by atoms with Gasteiger partial charge in [0, 0.05) is 11.0 Å². The highest BCUT2D eigenvalue weighted by molar-refractivity contribution is 8.00. The van der Waals surface area contributed by atoms with Crippen molar-refractivity contribution in [3.05, 3.63) is 0 Å². The minimum absolute atomic E-state index is 0.248. The molecule has 0 spiro atoms. The van der Waals surface area contributed by atoms with Crippen LogP contribution in [0.25, 0.3) is 0 Å². The maximum atomic E-state index is 10.5. The first-order chi connectivity index (χ1) is 6.81. The molecule has 2 unspecified atom stereocenters. The zero-order chi connectivity index (χ0) is 12.1. The summed E-state index contributed by atoms with van der Waals surface area (Å²) in [4.78, 5) is 10.5. The van der Waals surface area contributed by atoms with Gasteiger partial charge in [0.2, 0.25) is 0 Å². The first-order valence-corrected chi connectivity index (χ1v) is 6.46. The molecule has 0 saturated carbocycles. The number of hydrogen-bond acceptors (Lipinski definition) is 3. The van der Waals surface area contributed by atoms with Crippen LogP contribution in [0.2, 0.25) is 0 Å². The normalized spacial score (nSPS) is 16.1. The lowest BCUT2D eigenvalue weighted by molar-refractivity contribution is -0.137. The zero-order valence-corrected chi connectivity index (χ0v) is 10.9. The molecule has 0 radical (unpaired) electrons. The zero-order valence-electron chi connectivity index (χ0n) is 10.1. The summed E-state index contributed by atoms with van der Waals surface area (Å²) in [5.74, 6) is -0.424. The molecular weight excluding hydrogens is 210 g/mol. The molecule has 0 bridgehead atoms. The van der Waals surface area contributed by atoms with Crippen molar-refractivity contribution in [2.24, 2.45) is 11.1 Å². The van der Waals surface area contributed by atoms with Crippen molar-refractivity contribution in [3.63, 3.8) is 0 Å². The van der Waals surface area contributed by atoms with Crippen molar-refractivity contribution < 1.29 is 9.90 Å². The SMILES string of the molecule is CCCC(C)(C)C(C)SCC(N)C(=O)O. The third-order valence-corrected chi connectivity index (χ3v) is 4.53. The molecule has 3 nitrogen and oxygen atoms in total. The van der Waals surface area contributed by atoms with Crippen LogP contribution in [0.3, 0.4) is 0 Å². The summed E-state index contributed by atoms with van der Waals surface area (Å²) < 4.78 is 0. The van der Waals surface area contributed by atoms with Gasteiger partial charge >= 0.3 is 5.97 Å². The Hall–Kier alpha value is -0.220. The van der Waals surface area contributed by atoms with E-state index in [1.165, 1.54) is 0 Å². The Bertz CT molecular complexity index is 207. The van der Waals surface area contributed by atoms with Gasteiger partial charge in [-0.15, -0.1) is 0 Å². The van der Waals surface area contributed by atoms with E-state index in [0.717, 1.165) is 12.8 Å². The summed E-state index contributed by atoms with van der Waals surface area (Å²) in [6.07, 6.45) is 2.31. The largest absolute Gasteiger partial charge is 0.480 e. The second kappa shape index (κ2) is 6.38. The Balaban J connectivity index is 4.02. The predicted octanol–water partition coefficient (Wildman–Crippen LogP) is 2.35. The van der Waals surface area contributed by atoms with Crippen molar-refractivity contribution >= 4 is 17.7 Å². The molecule has 15 heavy (non-hydrogen) atoms. The Kier molecular flexibility index (Phi) is 6.29. The third-order valence-electron chi connectivity index (χ3n) is 2.84. The Labute approximate surface area is 96.8 Å². The van der Waals surface area contributed by atoms with E-state index >= 15 is 0 Å². The standard InChI is InChI=1S/C11H23NO2S/c1-5-6-11(3,4)8(2)15-7-9(12)10(13)14/h8-9H,5-7,12H2,1-4H3,(H,13,14). The number of carbonyl (C=O) groups is 1. The third kappa shape index (κ3) is 5.42. The fourth-order valence-electron chi connectivity index (χ4n) is 1.39. The van der Waals surface area contributed by atoms with Crippen molar-refractivity contribution in [1.82, 2.24) is 0 Å². The van der Waals surface area contributed by atoms with Crippen LogP contribution in [0.15, 0.2) is 0 Å². The van der Waals surface area contributed by atoms with Crippen LogP contribution in [0.4, 0.5) is 0 Å². The van der Waals surface area contributed by atoms with E-state index in [9.17, 15) is 4.79 Å². The van der Waals surface area contributed by atoms with E-state index in [1.807, 2.05) is 0 Å². The van der Waals surface area contributed by atoms with Crippen LogP contribution in [-0.4, -0.2) is 28.1 Å². The Morgan fingerprint density at radius 2 is 2.07 bits per heavy atom. The Morgan fingerprint density at radius 3 is 2.47 bits per heavy atom. The maximum Gasteiger partial charge on any atom is 0.321 e. The van der Waals surface area contributed by atoms with Gasteiger partial charge < -0.3 is 10.8 Å². The molecular formula is C11H23NO2S. The number of nitrogens with two attached hydrogens (primary N) is 1. The van der Waals surface area contributed by atoms with Crippen molar-refractivity contribution in [2.45, 2.75) is 51.8 Å². The van der Waals surface area contributed by atoms with Crippen LogP contribution in [0.5, 0.6) is 0 Å². The average molecular weight is 233 g/mol. The summed E-state index contributed by atoms with van der Waals surface area (Å²) in [5.41, 5.74) is 5.71. The average Bonchev–Trinajstić information content (AvgIpc) is 2.13. The molecule has 0 aromatic carbocycles. The summed E-state index contributed by atoms with van der Waals surface area (Å²) in [5, 5.41) is 9.10. The second-order valence-corrected chi connectivity index (χ2v) is 6.03. The highest BCUT2D eigenvalue weighted by Gasteiger charge is 2.26. The molecule has 4 heteroatoms. The fourth-order valence-corrected chi connectivity index (χ4v) is 2.60. The summed E-state index contributed by atoms with van der Waals surface area (Å²) in [7, 11) is 0. The molecule has 0 aromatic heterocycles. The number of carboxylic acids is 1. The van der Waals surface area contributed by atoms with E-state index in [2.05, 4.69) is 27.7 Å². The number of rotatable bonds is 7. The number of carboxylic acid groups (broad SMARTS) is 1. The van der Waals surface area contributed by atoms with Crippen molar-refractivity contribution in [2.75, 3.05) is 5.75 Å². The summed E-state index contributed by atoms with van der Waals surface area (Å²) >= 11 is 1.65. The summed E-state index contributed by atoms with van der Waals surface area (Å²) in [6, 6.07) is -0.741. The predicted molar refractivity (Wildman–Crippen MR) is 66.2 cm³/mol. The van der Waals surface area contributed by atoms with Gasteiger partial charge in [0.25, 0.3) is 0 Å². The highest BCUT2D eigenvalue weighted by Crippen LogP contribution is 2.34. The van der Waals surface area contributed by atoms with Gasteiger partial charge in [-0.1, -0.05) is 34.1 Å². The lowest BCUT2D eigenvalue weighted by atomic mass is 9.85. The molecule has 0 fully saturated rings. The molecule has 0 aliphatic heterocycles. The number of hydrogen-bond donors (Lipinski definition) is 2. The maximum absolute atomic E-state index is 10.5. The van der Waals surface area contributed by atoms with Gasteiger partial charge in [-0.05, 0) is 11.8 Å². The Morgan fingerprint density at radius 1 is 1.53 bits per heavy atom. The first-order valence-electron chi connectivity index (χ1n) is 5.41. The fraction of sp³-hybridized carbons (Fsp3) is 0.909. The topological polar surface area (TPSA) is 63.3 Å². The number of thioether (sulfide) groups is 1. The number of aliphatic carboxylic acids is 1. The highest BCUT2D eigenvalue weighted by atomic mass is 32.2. The molecule has 0 amide bonds. The lowest BCUT2D eigenvalue weighted by Crippen LogP contribution is -2.34. The molecule has 0 aliphatic rings. The van der Waals surface area contributed by atoms with Crippen LogP contribution in [-0.2, 0) is 4.79 Å². The van der Waals surface area contributed by atoms with Gasteiger partial charge in [0.15, 0.2) is 0 Å². The smallest absolute Gasteiger partial charge is 0.321 e. The second-order valence-electron chi connectivity index (χ2n) is 4.66. The van der Waals surface area contributed by atoms with Crippen LogP contribution in [0.1, 0.15) is 40.5 Å².